The fourth-order valence-corrected chi connectivity index (χ4v) is 3.03. The van der Waals surface area contributed by atoms with Crippen LogP contribution in [0.4, 0.5) is 0 Å². The molecule has 3 rings (SSSR count). The fraction of sp³-hybridized carbons (Fsp3) is 0.133. The number of hydrogen-bond acceptors (Lipinski definition) is 4. The van der Waals surface area contributed by atoms with Gasteiger partial charge >= 0.3 is 0 Å². The average molecular weight is 315 g/mol. The number of nitrogens with zero attached hydrogens (tertiary/aromatic N) is 4. The van der Waals surface area contributed by atoms with Gasteiger partial charge in [0.1, 0.15) is 6.07 Å². The Kier molecular flexibility index (Phi) is 4.00. The van der Waals surface area contributed by atoms with Crippen LogP contribution in [-0.4, -0.2) is 15.0 Å². The molecule has 3 aromatic rings. The highest BCUT2D eigenvalue weighted by Crippen LogP contribution is 2.18. The highest BCUT2D eigenvalue weighted by molar-refractivity contribution is 7.09. The van der Waals surface area contributed by atoms with Crippen LogP contribution in [0.25, 0.3) is 0 Å². The summed E-state index contributed by atoms with van der Waals surface area (Å²) < 4.78 is 1.77. The summed E-state index contributed by atoms with van der Waals surface area (Å²) in [6.45, 7) is 0.552. The van der Waals surface area contributed by atoms with E-state index in [2.05, 4.69) is 16.4 Å². The monoisotopic (exact) mass is 314 g/mol. The molecule has 2 heterocycles. The Balaban J connectivity index is 1.92. The van der Waals surface area contributed by atoms with Gasteiger partial charge in [0.15, 0.2) is 5.69 Å². The molecule has 104 valence electrons. The first kappa shape index (κ1) is 13.8. The second-order valence-corrected chi connectivity index (χ2v) is 6.01. The summed E-state index contributed by atoms with van der Waals surface area (Å²) in [5.74, 6) is 0. The Morgan fingerprint density at radius 3 is 2.90 bits per heavy atom. The molecule has 0 saturated heterocycles. The molecule has 0 aliphatic carbocycles. The van der Waals surface area contributed by atoms with E-state index < -0.39 is 0 Å². The zero-order valence-electron chi connectivity index (χ0n) is 11.0. The van der Waals surface area contributed by atoms with E-state index in [4.69, 9.17) is 11.6 Å². The van der Waals surface area contributed by atoms with Crippen molar-refractivity contribution in [3.63, 3.8) is 0 Å². The van der Waals surface area contributed by atoms with Crippen LogP contribution in [0.3, 0.4) is 0 Å². The van der Waals surface area contributed by atoms with Gasteiger partial charge in [0.2, 0.25) is 0 Å². The van der Waals surface area contributed by atoms with Crippen molar-refractivity contribution in [2.75, 3.05) is 0 Å². The Morgan fingerprint density at radius 1 is 1.29 bits per heavy atom. The summed E-state index contributed by atoms with van der Waals surface area (Å²) in [7, 11) is 0. The zero-order chi connectivity index (χ0) is 14.7. The highest BCUT2D eigenvalue weighted by atomic mass is 35.5. The first-order valence-electron chi connectivity index (χ1n) is 6.35. The maximum Gasteiger partial charge on any atom is 0.186 e. The summed E-state index contributed by atoms with van der Waals surface area (Å²) in [6.07, 6.45) is 0.661. The van der Waals surface area contributed by atoms with Crippen molar-refractivity contribution in [2.24, 2.45) is 0 Å². The first-order chi connectivity index (χ1) is 10.3. The lowest BCUT2D eigenvalue weighted by molar-refractivity contribution is 0.626. The second-order valence-electron chi connectivity index (χ2n) is 4.54. The van der Waals surface area contributed by atoms with Gasteiger partial charge in [-0.15, -0.1) is 16.4 Å². The lowest BCUT2D eigenvalue weighted by Crippen LogP contribution is -2.07. The van der Waals surface area contributed by atoms with E-state index in [0.29, 0.717) is 23.7 Å². The molecule has 0 amide bonds. The Hall–Kier alpha value is -2.16. The van der Waals surface area contributed by atoms with Gasteiger partial charge in [0.25, 0.3) is 0 Å². The molecule has 0 aliphatic rings. The van der Waals surface area contributed by atoms with Gasteiger partial charge in [0.05, 0.1) is 12.2 Å². The third-order valence-corrected chi connectivity index (χ3v) is 4.20. The van der Waals surface area contributed by atoms with Crippen LogP contribution in [-0.2, 0) is 13.0 Å². The van der Waals surface area contributed by atoms with Crippen LogP contribution in [0.2, 0.25) is 5.02 Å². The molecule has 0 unspecified atom stereocenters. The van der Waals surface area contributed by atoms with Crippen molar-refractivity contribution in [1.29, 1.82) is 5.26 Å². The van der Waals surface area contributed by atoms with E-state index >= 15 is 0 Å². The number of nitriles is 1. The van der Waals surface area contributed by atoms with Crippen molar-refractivity contribution in [1.82, 2.24) is 15.0 Å². The second kappa shape index (κ2) is 6.08. The molecule has 2 aromatic heterocycles. The largest absolute Gasteiger partial charge is 0.243 e. The van der Waals surface area contributed by atoms with E-state index in [1.807, 2.05) is 41.8 Å². The van der Waals surface area contributed by atoms with Gasteiger partial charge in [-0.25, -0.2) is 4.68 Å². The smallest absolute Gasteiger partial charge is 0.186 e. The van der Waals surface area contributed by atoms with Crippen LogP contribution >= 0.6 is 22.9 Å². The standard InChI is InChI=1S/C15H11ClN4S/c16-12-4-1-3-11(7-12)10-20-15(14(9-17)18-19-20)8-13-5-2-6-21-13/h1-7H,8,10H2. The molecule has 0 aliphatic heterocycles. The van der Waals surface area contributed by atoms with Gasteiger partial charge < -0.3 is 0 Å². The average Bonchev–Trinajstić information content (AvgIpc) is 3.10. The summed E-state index contributed by atoms with van der Waals surface area (Å²) in [5.41, 5.74) is 2.25. The summed E-state index contributed by atoms with van der Waals surface area (Å²) in [5, 5.41) is 20.0. The van der Waals surface area contributed by atoms with E-state index in [9.17, 15) is 5.26 Å². The van der Waals surface area contributed by atoms with Crippen LogP contribution in [0.5, 0.6) is 0 Å². The molecule has 0 N–H and O–H groups in total. The number of thiophene rings is 1. The zero-order valence-corrected chi connectivity index (χ0v) is 12.6. The van der Waals surface area contributed by atoms with Gasteiger partial charge in [0, 0.05) is 16.3 Å². The molecule has 0 saturated carbocycles. The van der Waals surface area contributed by atoms with E-state index in [1.165, 1.54) is 4.88 Å². The van der Waals surface area contributed by atoms with Crippen LogP contribution in [0.15, 0.2) is 41.8 Å². The molecule has 0 bridgehead atoms. The molecule has 21 heavy (non-hydrogen) atoms. The minimum Gasteiger partial charge on any atom is -0.243 e. The Bertz CT molecular complexity index is 786. The number of rotatable bonds is 4. The van der Waals surface area contributed by atoms with Gasteiger partial charge in [-0.2, -0.15) is 5.26 Å². The number of aromatic nitrogens is 3. The van der Waals surface area contributed by atoms with Crippen LogP contribution in [0, 0.1) is 11.3 Å². The topological polar surface area (TPSA) is 54.5 Å². The van der Waals surface area contributed by atoms with Crippen molar-refractivity contribution >= 4 is 22.9 Å². The van der Waals surface area contributed by atoms with E-state index in [1.54, 1.807) is 16.0 Å². The molecular formula is C15H11ClN4S. The van der Waals surface area contributed by atoms with E-state index in [0.717, 1.165) is 11.3 Å². The normalized spacial score (nSPS) is 10.5. The molecule has 0 spiro atoms. The Labute approximate surface area is 131 Å². The lowest BCUT2D eigenvalue weighted by atomic mass is 10.2. The lowest BCUT2D eigenvalue weighted by Gasteiger charge is -2.06. The molecule has 0 atom stereocenters. The first-order valence-corrected chi connectivity index (χ1v) is 7.61. The molecule has 0 fully saturated rings. The molecule has 1 aromatic carbocycles. The van der Waals surface area contributed by atoms with E-state index in [-0.39, 0.29) is 0 Å². The van der Waals surface area contributed by atoms with Gasteiger partial charge in [-0.05, 0) is 29.1 Å². The minimum absolute atomic E-state index is 0.380. The van der Waals surface area contributed by atoms with Gasteiger partial charge in [-0.3, -0.25) is 0 Å². The molecular weight excluding hydrogens is 304 g/mol. The highest BCUT2D eigenvalue weighted by Gasteiger charge is 2.14. The van der Waals surface area contributed by atoms with Crippen molar-refractivity contribution in [2.45, 2.75) is 13.0 Å². The molecule has 0 radical (unpaired) electrons. The van der Waals surface area contributed by atoms with Crippen molar-refractivity contribution in [3.8, 4) is 6.07 Å². The molecule has 6 heteroatoms. The fourth-order valence-electron chi connectivity index (χ4n) is 2.11. The molecule has 4 nitrogen and oxygen atoms in total. The van der Waals surface area contributed by atoms with Crippen molar-refractivity contribution < 1.29 is 0 Å². The number of halogens is 1. The van der Waals surface area contributed by atoms with Crippen molar-refractivity contribution in [3.05, 3.63) is 68.6 Å². The Morgan fingerprint density at radius 2 is 2.19 bits per heavy atom. The quantitative estimate of drug-likeness (QED) is 0.740. The summed E-state index contributed by atoms with van der Waals surface area (Å²) >= 11 is 7.66. The maximum atomic E-state index is 9.19. The number of hydrogen-bond donors (Lipinski definition) is 0. The summed E-state index contributed by atoms with van der Waals surface area (Å²) in [4.78, 5) is 1.18. The predicted molar refractivity (Wildman–Crippen MR) is 82.4 cm³/mol. The third kappa shape index (κ3) is 3.13. The summed E-state index contributed by atoms with van der Waals surface area (Å²) in [6, 6.07) is 13.8. The van der Waals surface area contributed by atoms with Crippen LogP contribution < -0.4 is 0 Å². The van der Waals surface area contributed by atoms with Crippen LogP contribution in [0.1, 0.15) is 21.8 Å². The predicted octanol–water partition coefficient (Wildman–Crippen LogP) is 3.50. The number of benzene rings is 1. The maximum absolute atomic E-state index is 9.19. The third-order valence-electron chi connectivity index (χ3n) is 3.09. The minimum atomic E-state index is 0.380. The van der Waals surface area contributed by atoms with Gasteiger partial charge in [-0.1, -0.05) is 35.0 Å². The SMILES string of the molecule is N#Cc1nnn(Cc2cccc(Cl)c2)c1Cc1cccs1.